The Kier molecular flexibility index (Phi) is 6.61. The number of carbonyl (C=O) groups excluding carboxylic acids is 1. The number of hydrogen-bond donors (Lipinski definition) is 1. The number of non-ortho nitro benzene ring substituents is 1. The van der Waals surface area contributed by atoms with Gasteiger partial charge in [0.2, 0.25) is 15.9 Å². The Labute approximate surface area is 181 Å². The summed E-state index contributed by atoms with van der Waals surface area (Å²) in [6.07, 6.45) is 0.709. The van der Waals surface area contributed by atoms with Crippen LogP contribution in [-0.4, -0.2) is 43.8 Å². The number of nitro groups is 1. The van der Waals surface area contributed by atoms with Crippen molar-refractivity contribution in [1.29, 1.82) is 0 Å². The molecule has 2 aromatic carbocycles. The molecule has 0 bridgehead atoms. The molecule has 31 heavy (non-hydrogen) atoms. The fraction of sp³-hybridized carbons (Fsp3) is 0.381. The van der Waals surface area contributed by atoms with Crippen LogP contribution in [-0.2, 0) is 14.8 Å². The number of hydrogen-bond acceptors (Lipinski definition) is 6. The monoisotopic (exact) mass is 447 g/mol. The molecule has 0 aromatic heterocycles. The second kappa shape index (κ2) is 9.03. The smallest absolute Gasteiger partial charge is 0.271 e. The van der Waals surface area contributed by atoms with Crippen LogP contribution in [0.25, 0.3) is 0 Å². The van der Waals surface area contributed by atoms with E-state index in [1.807, 2.05) is 6.92 Å². The van der Waals surface area contributed by atoms with E-state index in [4.69, 9.17) is 4.74 Å². The summed E-state index contributed by atoms with van der Waals surface area (Å²) in [6, 6.07) is 9.29. The standard InChI is InChI=1S/C21H25N3O6S/c1-14-4-7-19(30-3)20(12-14)31(28,29)23-10-8-16(9-11-23)21(25)22-18-13-17(24(26)27)6-5-15(18)2/h4-7,12-13,16H,8-11H2,1-3H3,(H,22,25). The van der Waals surface area contributed by atoms with Crippen molar-refractivity contribution < 1.29 is 22.9 Å². The quantitative estimate of drug-likeness (QED) is 0.536. The minimum Gasteiger partial charge on any atom is -0.495 e. The van der Waals surface area contributed by atoms with E-state index in [-0.39, 0.29) is 41.2 Å². The molecule has 1 heterocycles. The third-order valence-electron chi connectivity index (χ3n) is 5.45. The summed E-state index contributed by atoms with van der Waals surface area (Å²) < 4.78 is 32.8. The van der Waals surface area contributed by atoms with E-state index in [9.17, 15) is 23.3 Å². The van der Waals surface area contributed by atoms with Crippen molar-refractivity contribution in [2.45, 2.75) is 31.6 Å². The Morgan fingerprint density at radius 3 is 2.45 bits per heavy atom. The van der Waals surface area contributed by atoms with Gasteiger partial charge in [0.15, 0.2) is 0 Å². The Balaban J connectivity index is 1.70. The first kappa shape index (κ1) is 22.7. The molecule has 1 fully saturated rings. The van der Waals surface area contributed by atoms with Gasteiger partial charge in [-0.15, -0.1) is 0 Å². The average molecular weight is 448 g/mol. The summed E-state index contributed by atoms with van der Waals surface area (Å²) in [7, 11) is -2.33. The number of aryl methyl sites for hydroxylation is 2. The number of nitrogens with zero attached hydrogens (tertiary/aromatic N) is 2. The summed E-state index contributed by atoms with van der Waals surface area (Å²) in [6.45, 7) is 3.96. The zero-order valence-corrected chi connectivity index (χ0v) is 18.4. The van der Waals surface area contributed by atoms with Crippen LogP contribution < -0.4 is 10.1 Å². The molecule has 9 nitrogen and oxygen atoms in total. The van der Waals surface area contributed by atoms with Crippen molar-refractivity contribution in [3.8, 4) is 5.75 Å². The van der Waals surface area contributed by atoms with E-state index in [1.165, 1.54) is 23.5 Å². The highest BCUT2D eigenvalue weighted by molar-refractivity contribution is 7.89. The SMILES string of the molecule is COc1ccc(C)cc1S(=O)(=O)N1CCC(C(=O)Nc2cc([N+](=O)[O-])ccc2C)CC1. The van der Waals surface area contributed by atoms with Gasteiger partial charge in [-0.05, 0) is 49.9 Å². The van der Waals surface area contributed by atoms with Gasteiger partial charge in [-0.1, -0.05) is 12.1 Å². The Morgan fingerprint density at radius 1 is 1.16 bits per heavy atom. The molecular formula is C21H25N3O6S. The Hall–Kier alpha value is -2.98. The number of rotatable bonds is 6. The molecule has 0 unspecified atom stereocenters. The van der Waals surface area contributed by atoms with Gasteiger partial charge in [0.25, 0.3) is 5.69 Å². The lowest BCUT2D eigenvalue weighted by Gasteiger charge is -2.31. The Bertz CT molecular complexity index is 1110. The highest BCUT2D eigenvalue weighted by atomic mass is 32.2. The maximum atomic E-state index is 13.1. The van der Waals surface area contributed by atoms with Crippen molar-refractivity contribution in [3.05, 3.63) is 57.6 Å². The summed E-state index contributed by atoms with van der Waals surface area (Å²) in [5, 5.41) is 13.7. The van der Waals surface area contributed by atoms with Gasteiger partial charge >= 0.3 is 0 Å². The van der Waals surface area contributed by atoms with Gasteiger partial charge in [0, 0.05) is 31.1 Å². The van der Waals surface area contributed by atoms with Gasteiger partial charge < -0.3 is 10.1 Å². The molecule has 10 heteroatoms. The molecule has 1 aliphatic rings. The van der Waals surface area contributed by atoms with Crippen LogP contribution in [0.15, 0.2) is 41.3 Å². The zero-order chi connectivity index (χ0) is 22.8. The van der Waals surface area contributed by atoms with Crippen molar-refractivity contribution in [2.24, 2.45) is 5.92 Å². The maximum absolute atomic E-state index is 13.1. The number of carbonyl (C=O) groups is 1. The minimum absolute atomic E-state index is 0.103. The maximum Gasteiger partial charge on any atom is 0.271 e. The highest BCUT2D eigenvalue weighted by Gasteiger charge is 2.34. The molecule has 0 saturated carbocycles. The van der Waals surface area contributed by atoms with Crippen molar-refractivity contribution in [1.82, 2.24) is 4.31 Å². The van der Waals surface area contributed by atoms with Gasteiger partial charge in [0.1, 0.15) is 10.6 Å². The molecule has 3 rings (SSSR count). The van der Waals surface area contributed by atoms with Crippen LogP contribution in [0.1, 0.15) is 24.0 Å². The summed E-state index contributed by atoms with van der Waals surface area (Å²) in [4.78, 5) is 23.3. The lowest BCUT2D eigenvalue weighted by molar-refractivity contribution is -0.384. The number of ether oxygens (including phenoxy) is 1. The molecule has 1 N–H and O–H groups in total. The third kappa shape index (κ3) is 4.86. The molecule has 166 valence electrons. The number of nitro benzene ring substituents is 1. The minimum atomic E-state index is -3.76. The number of amides is 1. The zero-order valence-electron chi connectivity index (χ0n) is 17.6. The topological polar surface area (TPSA) is 119 Å². The highest BCUT2D eigenvalue weighted by Crippen LogP contribution is 2.31. The fourth-order valence-electron chi connectivity index (χ4n) is 3.58. The van der Waals surface area contributed by atoms with Crippen LogP contribution in [0.4, 0.5) is 11.4 Å². The summed E-state index contributed by atoms with van der Waals surface area (Å²) in [5.74, 6) is -0.370. The van der Waals surface area contributed by atoms with E-state index >= 15 is 0 Å². The van der Waals surface area contributed by atoms with E-state index in [1.54, 1.807) is 31.2 Å². The second-order valence-electron chi connectivity index (χ2n) is 7.58. The lowest BCUT2D eigenvalue weighted by atomic mass is 9.97. The Morgan fingerprint density at radius 2 is 1.84 bits per heavy atom. The molecule has 0 aliphatic carbocycles. The average Bonchev–Trinajstić information content (AvgIpc) is 2.75. The van der Waals surface area contributed by atoms with E-state index in [0.29, 0.717) is 24.1 Å². The predicted octanol–water partition coefficient (Wildman–Crippen LogP) is 3.26. The first-order valence-electron chi connectivity index (χ1n) is 9.84. The number of sulfonamides is 1. The molecule has 2 aromatic rings. The number of anilines is 1. The number of benzene rings is 2. The largest absolute Gasteiger partial charge is 0.495 e. The molecule has 0 atom stereocenters. The number of piperidine rings is 1. The molecule has 1 saturated heterocycles. The molecule has 1 amide bonds. The normalized spacial score (nSPS) is 15.5. The molecule has 0 spiro atoms. The third-order valence-corrected chi connectivity index (χ3v) is 7.37. The van der Waals surface area contributed by atoms with E-state index in [2.05, 4.69) is 5.32 Å². The van der Waals surface area contributed by atoms with E-state index < -0.39 is 14.9 Å². The second-order valence-corrected chi connectivity index (χ2v) is 9.48. The summed E-state index contributed by atoms with van der Waals surface area (Å²) >= 11 is 0. The molecule has 1 aliphatic heterocycles. The van der Waals surface area contributed by atoms with Gasteiger partial charge in [-0.3, -0.25) is 14.9 Å². The van der Waals surface area contributed by atoms with Crippen LogP contribution in [0.3, 0.4) is 0 Å². The number of methoxy groups -OCH3 is 1. The molecule has 0 radical (unpaired) electrons. The van der Waals surface area contributed by atoms with Crippen LogP contribution in [0, 0.1) is 29.9 Å². The summed E-state index contributed by atoms with van der Waals surface area (Å²) in [5.41, 5.74) is 1.80. The van der Waals surface area contributed by atoms with Gasteiger partial charge in [0.05, 0.1) is 17.7 Å². The first-order chi connectivity index (χ1) is 14.6. The van der Waals surface area contributed by atoms with Crippen molar-refractivity contribution >= 4 is 27.3 Å². The fourth-order valence-corrected chi connectivity index (χ4v) is 5.29. The van der Waals surface area contributed by atoms with Crippen LogP contribution in [0.5, 0.6) is 5.75 Å². The van der Waals surface area contributed by atoms with Crippen molar-refractivity contribution in [2.75, 3.05) is 25.5 Å². The number of nitrogens with one attached hydrogen (secondary N) is 1. The van der Waals surface area contributed by atoms with Gasteiger partial charge in [-0.2, -0.15) is 4.31 Å². The molecular weight excluding hydrogens is 422 g/mol. The van der Waals surface area contributed by atoms with E-state index in [0.717, 1.165) is 5.56 Å². The predicted molar refractivity (Wildman–Crippen MR) is 116 cm³/mol. The first-order valence-corrected chi connectivity index (χ1v) is 11.3. The van der Waals surface area contributed by atoms with Crippen LogP contribution in [0.2, 0.25) is 0 Å². The van der Waals surface area contributed by atoms with Crippen LogP contribution >= 0.6 is 0 Å². The lowest BCUT2D eigenvalue weighted by Crippen LogP contribution is -2.41. The van der Waals surface area contributed by atoms with Gasteiger partial charge in [-0.25, -0.2) is 8.42 Å². The van der Waals surface area contributed by atoms with Crippen molar-refractivity contribution in [3.63, 3.8) is 0 Å².